The van der Waals surface area contributed by atoms with Crippen LogP contribution >= 0.6 is 11.3 Å². The molecule has 0 radical (unpaired) electrons. The quantitative estimate of drug-likeness (QED) is 0.916. The number of aryl methyl sites for hydroxylation is 1. The number of thiazole rings is 1. The summed E-state index contributed by atoms with van der Waals surface area (Å²) in [5.74, 6) is -1.60. The molecule has 0 aliphatic rings. The molecule has 1 aromatic carbocycles. The van der Waals surface area contributed by atoms with Crippen molar-refractivity contribution in [1.82, 2.24) is 10.3 Å². The van der Waals surface area contributed by atoms with Crippen LogP contribution in [0.5, 0.6) is 0 Å². The minimum Gasteiger partial charge on any atom is -0.304 e. The molecule has 96 valence electrons. The summed E-state index contributed by atoms with van der Waals surface area (Å²) in [5.41, 5.74) is 0.329. The maximum Gasteiger partial charge on any atom is 0.163 e. The van der Waals surface area contributed by atoms with Crippen LogP contribution in [0.25, 0.3) is 0 Å². The van der Waals surface area contributed by atoms with Crippen LogP contribution in [0.15, 0.2) is 24.4 Å². The van der Waals surface area contributed by atoms with E-state index in [1.54, 1.807) is 23.6 Å². The Labute approximate surface area is 109 Å². The van der Waals surface area contributed by atoms with Crippen molar-refractivity contribution in [2.24, 2.45) is 0 Å². The molecule has 0 spiro atoms. The Balaban J connectivity index is 2.01. The summed E-state index contributed by atoms with van der Waals surface area (Å²) < 4.78 is 26.4. The zero-order valence-corrected chi connectivity index (χ0v) is 11.0. The van der Waals surface area contributed by atoms with Gasteiger partial charge < -0.3 is 5.32 Å². The zero-order valence-electron chi connectivity index (χ0n) is 10.2. The lowest BCUT2D eigenvalue weighted by atomic mass is 10.2. The molecule has 18 heavy (non-hydrogen) atoms. The van der Waals surface area contributed by atoms with Gasteiger partial charge in [-0.3, -0.25) is 0 Å². The van der Waals surface area contributed by atoms with E-state index < -0.39 is 11.6 Å². The second-order valence-corrected chi connectivity index (χ2v) is 5.39. The zero-order chi connectivity index (χ0) is 13.1. The molecule has 2 rings (SSSR count). The third-order valence-electron chi connectivity index (χ3n) is 2.64. The molecular weight excluding hydrogens is 254 g/mol. The topological polar surface area (TPSA) is 24.9 Å². The van der Waals surface area contributed by atoms with Crippen LogP contribution < -0.4 is 5.32 Å². The Kier molecular flexibility index (Phi) is 4.04. The average Bonchev–Trinajstić information content (AvgIpc) is 2.77. The van der Waals surface area contributed by atoms with Crippen LogP contribution in [0.1, 0.15) is 28.4 Å². The molecule has 1 N–H and O–H groups in total. The standard InChI is InChI=1S/C13H14F2N2S/c1-8-6-17-13(18-8)9(2)16-7-10-4-3-5-11(14)12(10)15/h3-6,9,16H,7H2,1-2H3. The van der Waals surface area contributed by atoms with Crippen LogP contribution in [0.2, 0.25) is 0 Å². The van der Waals surface area contributed by atoms with E-state index in [0.29, 0.717) is 5.56 Å². The summed E-state index contributed by atoms with van der Waals surface area (Å²) in [7, 11) is 0. The molecule has 0 saturated carbocycles. The van der Waals surface area contributed by atoms with E-state index in [2.05, 4.69) is 10.3 Å². The molecule has 0 aliphatic heterocycles. The second-order valence-electron chi connectivity index (χ2n) is 4.12. The molecule has 5 heteroatoms. The molecule has 1 aromatic heterocycles. The van der Waals surface area contributed by atoms with E-state index in [-0.39, 0.29) is 12.6 Å². The van der Waals surface area contributed by atoms with Gasteiger partial charge in [0, 0.05) is 23.2 Å². The van der Waals surface area contributed by atoms with Crippen molar-refractivity contribution >= 4 is 11.3 Å². The maximum atomic E-state index is 13.4. The minimum atomic E-state index is -0.813. The van der Waals surface area contributed by atoms with Crippen LogP contribution in [-0.2, 0) is 6.54 Å². The normalized spacial score (nSPS) is 12.7. The van der Waals surface area contributed by atoms with Gasteiger partial charge in [0.2, 0.25) is 0 Å². The van der Waals surface area contributed by atoms with Crippen molar-refractivity contribution in [3.63, 3.8) is 0 Å². The summed E-state index contributed by atoms with van der Waals surface area (Å²) >= 11 is 1.60. The van der Waals surface area contributed by atoms with Gasteiger partial charge >= 0.3 is 0 Å². The predicted octanol–water partition coefficient (Wildman–Crippen LogP) is 3.58. The van der Waals surface area contributed by atoms with Gasteiger partial charge in [-0.05, 0) is 19.9 Å². The highest BCUT2D eigenvalue weighted by Crippen LogP contribution is 2.20. The Morgan fingerprint density at radius 3 is 2.83 bits per heavy atom. The van der Waals surface area contributed by atoms with Gasteiger partial charge in [0.25, 0.3) is 0 Å². The molecular formula is C13H14F2N2S. The lowest BCUT2D eigenvalue weighted by Gasteiger charge is -2.11. The van der Waals surface area contributed by atoms with Crippen molar-refractivity contribution in [1.29, 1.82) is 0 Å². The summed E-state index contributed by atoms with van der Waals surface area (Å²) in [6.07, 6.45) is 1.81. The molecule has 2 nitrogen and oxygen atoms in total. The third kappa shape index (κ3) is 2.91. The van der Waals surface area contributed by atoms with E-state index in [9.17, 15) is 8.78 Å². The van der Waals surface area contributed by atoms with Crippen molar-refractivity contribution in [3.8, 4) is 0 Å². The molecule has 0 saturated heterocycles. The number of aromatic nitrogens is 1. The highest BCUT2D eigenvalue weighted by molar-refractivity contribution is 7.11. The minimum absolute atomic E-state index is 0.0198. The molecule has 1 atom stereocenters. The smallest absolute Gasteiger partial charge is 0.163 e. The molecule has 1 unspecified atom stereocenters. The first kappa shape index (κ1) is 13.1. The molecule has 0 aliphatic carbocycles. The van der Waals surface area contributed by atoms with Crippen LogP contribution in [0, 0.1) is 18.6 Å². The van der Waals surface area contributed by atoms with E-state index >= 15 is 0 Å². The number of halogens is 2. The summed E-state index contributed by atoms with van der Waals surface area (Å²) in [6, 6.07) is 4.22. The largest absolute Gasteiger partial charge is 0.304 e. The Morgan fingerprint density at radius 2 is 2.17 bits per heavy atom. The van der Waals surface area contributed by atoms with Crippen LogP contribution in [0.4, 0.5) is 8.78 Å². The Bertz CT molecular complexity index is 540. The van der Waals surface area contributed by atoms with E-state index in [1.807, 2.05) is 13.8 Å². The van der Waals surface area contributed by atoms with Crippen molar-refractivity contribution in [2.75, 3.05) is 0 Å². The number of nitrogens with zero attached hydrogens (tertiary/aromatic N) is 1. The first-order chi connectivity index (χ1) is 8.58. The van der Waals surface area contributed by atoms with E-state index in [0.717, 1.165) is 16.0 Å². The van der Waals surface area contributed by atoms with Crippen molar-refractivity contribution < 1.29 is 8.78 Å². The predicted molar refractivity (Wildman–Crippen MR) is 68.5 cm³/mol. The van der Waals surface area contributed by atoms with Gasteiger partial charge in [-0.1, -0.05) is 12.1 Å². The van der Waals surface area contributed by atoms with E-state index in [4.69, 9.17) is 0 Å². The van der Waals surface area contributed by atoms with E-state index in [1.165, 1.54) is 6.07 Å². The maximum absolute atomic E-state index is 13.4. The van der Waals surface area contributed by atoms with Gasteiger partial charge in [0.15, 0.2) is 11.6 Å². The fourth-order valence-electron chi connectivity index (χ4n) is 1.61. The first-order valence-corrected chi connectivity index (χ1v) is 6.48. The molecule has 0 fully saturated rings. The molecule has 1 heterocycles. The number of hydrogen-bond donors (Lipinski definition) is 1. The van der Waals surface area contributed by atoms with Gasteiger partial charge in [-0.25, -0.2) is 13.8 Å². The van der Waals surface area contributed by atoms with Crippen LogP contribution in [0.3, 0.4) is 0 Å². The van der Waals surface area contributed by atoms with Crippen molar-refractivity contribution in [2.45, 2.75) is 26.4 Å². The first-order valence-electron chi connectivity index (χ1n) is 5.66. The SMILES string of the molecule is Cc1cnc(C(C)NCc2cccc(F)c2F)s1. The summed E-state index contributed by atoms with van der Waals surface area (Å²) in [6.45, 7) is 4.22. The molecule has 0 amide bonds. The van der Waals surface area contributed by atoms with Gasteiger partial charge in [0.05, 0.1) is 6.04 Å². The highest BCUT2D eigenvalue weighted by atomic mass is 32.1. The monoisotopic (exact) mass is 268 g/mol. The summed E-state index contributed by atoms with van der Waals surface area (Å²) in [4.78, 5) is 5.39. The van der Waals surface area contributed by atoms with Gasteiger partial charge in [-0.15, -0.1) is 11.3 Å². The fraction of sp³-hybridized carbons (Fsp3) is 0.308. The van der Waals surface area contributed by atoms with Gasteiger partial charge in [0.1, 0.15) is 5.01 Å². The van der Waals surface area contributed by atoms with Gasteiger partial charge in [-0.2, -0.15) is 0 Å². The number of nitrogens with one attached hydrogen (secondary N) is 1. The summed E-state index contributed by atoms with van der Waals surface area (Å²) in [5, 5.41) is 4.09. The molecule has 2 aromatic rings. The van der Waals surface area contributed by atoms with Crippen LogP contribution in [-0.4, -0.2) is 4.98 Å². The third-order valence-corrected chi connectivity index (χ3v) is 3.74. The second kappa shape index (κ2) is 5.54. The van der Waals surface area contributed by atoms with Crippen molar-refractivity contribution in [3.05, 3.63) is 51.5 Å². The fourth-order valence-corrected chi connectivity index (χ4v) is 2.41. The Hall–Kier alpha value is -1.33. The number of benzene rings is 1. The highest BCUT2D eigenvalue weighted by Gasteiger charge is 2.11. The number of hydrogen-bond acceptors (Lipinski definition) is 3. The lowest BCUT2D eigenvalue weighted by Crippen LogP contribution is -2.18. The molecule has 0 bridgehead atoms. The number of rotatable bonds is 4. The lowest BCUT2D eigenvalue weighted by molar-refractivity contribution is 0.484. The Morgan fingerprint density at radius 1 is 1.39 bits per heavy atom. The average molecular weight is 268 g/mol.